The number of likely N-dealkylation sites (tertiary alicyclic amines) is 1. The van der Waals surface area contributed by atoms with Gasteiger partial charge in [-0.05, 0) is 31.6 Å². The van der Waals surface area contributed by atoms with Gasteiger partial charge in [0.05, 0.1) is 25.0 Å². The van der Waals surface area contributed by atoms with E-state index in [2.05, 4.69) is 6.58 Å². The molecule has 7 heteroatoms. The van der Waals surface area contributed by atoms with Crippen LogP contribution in [0.15, 0.2) is 12.7 Å². The molecule has 7 atom stereocenters. The molecule has 4 rings (SSSR count). The molecule has 0 aromatic rings. The van der Waals surface area contributed by atoms with Gasteiger partial charge in [-0.25, -0.2) is 4.79 Å². The highest BCUT2D eigenvalue weighted by atomic mass is 16.7. The van der Waals surface area contributed by atoms with Crippen LogP contribution in [-0.2, 0) is 28.6 Å². The number of ether oxygens (including phenoxy) is 3. The van der Waals surface area contributed by atoms with Crippen molar-refractivity contribution in [1.29, 1.82) is 0 Å². The fourth-order valence-corrected chi connectivity index (χ4v) is 5.14. The van der Waals surface area contributed by atoms with Crippen LogP contribution in [0.25, 0.3) is 0 Å². The Balaban J connectivity index is 1.63. The van der Waals surface area contributed by atoms with E-state index in [-0.39, 0.29) is 29.8 Å². The maximum absolute atomic E-state index is 13.3. The van der Waals surface area contributed by atoms with Crippen molar-refractivity contribution in [3.8, 4) is 0 Å². The van der Waals surface area contributed by atoms with Crippen LogP contribution in [0.4, 0.5) is 0 Å². The molecule has 1 saturated carbocycles. The van der Waals surface area contributed by atoms with E-state index in [0.29, 0.717) is 19.4 Å². The Morgan fingerprint density at radius 1 is 1.40 bits per heavy atom. The van der Waals surface area contributed by atoms with Gasteiger partial charge in [0.25, 0.3) is 0 Å². The van der Waals surface area contributed by atoms with E-state index in [1.54, 1.807) is 11.0 Å². The molecule has 136 valence electrons. The summed E-state index contributed by atoms with van der Waals surface area (Å²) in [5.74, 6) is -1.92. The van der Waals surface area contributed by atoms with Gasteiger partial charge in [-0.15, -0.1) is 6.58 Å². The van der Waals surface area contributed by atoms with Crippen molar-refractivity contribution in [1.82, 2.24) is 4.90 Å². The maximum atomic E-state index is 13.3. The van der Waals surface area contributed by atoms with E-state index in [0.717, 1.165) is 12.8 Å². The molecule has 0 spiro atoms. The lowest BCUT2D eigenvalue weighted by Crippen LogP contribution is -2.48. The molecule has 4 aliphatic rings. The first-order valence-corrected chi connectivity index (χ1v) is 8.92. The molecule has 3 heterocycles. The lowest BCUT2D eigenvalue weighted by atomic mass is 9.83. The van der Waals surface area contributed by atoms with Gasteiger partial charge in [-0.1, -0.05) is 6.08 Å². The fraction of sp³-hybridized carbons (Fsp3) is 0.722. The average Bonchev–Trinajstić information content (AvgIpc) is 3.27. The van der Waals surface area contributed by atoms with Crippen LogP contribution in [-0.4, -0.2) is 54.8 Å². The third kappa shape index (κ3) is 2.39. The Labute approximate surface area is 146 Å². The van der Waals surface area contributed by atoms with Crippen LogP contribution in [0.1, 0.15) is 25.7 Å². The van der Waals surface area contributed by atoms with Gasteiger partial charge in [0.2, 0.25) is 12.2 Å². The number of carbonyl (C=O) groups is 3. The SMILES string of the molecule is C=CC[C@H]1O[C@@H]2OC(=O)[C@@H]3[C@@H]2C[C@@H]1[C@H]3C(=O)N1CCC[C@H]1C(=O)OC. The Hall–Kier alpha value is -1.89. The first-order valence-electron chi connectivity index (χ1n) is 8.92. The van der Waals surface area contributed by atoms with Crippen LogP contribution in [0.3, 0.4) is 0 Å². The van der Waals surface area contributed by atoms with Crippen LogP contribution in [0, 0.1) is 23.7 Å². The molecule has 3 saturated heterocycles. The summed E-state index contributed by atoms with van der Waals surface area (Å²) in [5, 5.41) is 0. The highest BCUT2D eigenvalue weighted by Gasteiger charge is 2.65. The molecule has 0 aromatic heterocycles. The minimum atomic E-state index is -0.551. The molecule has 1 amide bonds. The van der Waals surface area contributed by atoms with Crippen molar-refractivity contribution in [3.63, 3.8) is 0 Å². The molecule has 25 heavy (non-hydrogen) atoms. The van der Waals surface area contributed by atoms with Crippen LogP contribution < -0.4 is 0 Å². The minimum Gasteiger partial charge on any atom is -0.467 e. The van der Waals surface area contributed by atoms with Crippen molar-refractivity contribution >= 4 is 17.8 Å². The average molecular weight is 349 g/mol. The van der Waals surface area contributed by atoms with E-state index in [9.17, 15) is 14.4 Å². The summed E-state index contributed by atoms with van der Waals surface area (Å²) in [6, 6.07) is -0.551. The normalized spacial score (nSPS) is 41.6. The van der Waals surface area contributed by atoms with Crippen molar-refractivity contribution < 1.29 is 28.6 Å². The standard InChI is InChI=1S/C18H23NO6/c1-3-5-12-9-8-10-14(17(22)25-18(10)24-12)13(9)15(20)19-7-4-6-11(19)16(21)23-2/h3,9-14,18H,1,4-8H2,2H3/t9-,10-,11-,12+,13+,14+,18+/m0/s1. The van der Waals surface area contributed by atoms with Crippen molar-refractivity contribution in [2.75, 3.05) is 13.7 Å². The van der Waals surface area contributed by atoms with E-state index in [4.69, 9.17) is 14.2 Å². The summed E-state index contributed by atoms with van der Waals surface area (Å²) in [4.78, 5) is 39.3. The molecule has 3 aliphatic heterocycles. The van der Waals surface area contributed by atoms with Crippen molar-refractivity contribution in [2.24, 2.45) is 23.7 Å². The Bertz CT molecular complexity index is 619. The summed E-state index contributed by atoms with van der Waals surface area (Å²) >= 11 is 0. The summed E-state index contributed by atoms with van der Waals surface area (Å²) in [6.45, 7) is 4.28. The van der Waals surface area contributed by atoms with Gasteiger partial charge in [-0.2, -0.15) is 0 Å². The Morgan fingerprint density at radius 2 is 2.20 bits per heavy atom. The molecule has 2 bridgehead atoms. The van der Waals surface area contributed by atoms with Gasteiger partial charge < -0.3 is 19.1 Å². The molecular formula is C18H23NO6. The third-order valence-electron chi connectivity index (χ3n) is 6.19. The predicted molar refractivity (Wildman–Crippen MR) is 84.9 cm³/mol. The summed E-state index contributed by atoms with van der Waals surface area (Å²) < 4.78 is 16.2. The van der Waals surface area contributed by atoms with Gasteiger partial charge in [0, 0.05) is 12.5 Å². The number of fused-ring (bicyclic) bond motifs is 1. The summed E-state index contributed by atoms with van der Waals surface area (Å²) in [7, 11) is 1.33. The monoisotopic (exact) mass is 349 g/mol. The van der Waals surface area contributed by atoms with E-state index in [1.807, 2.05) is 0 Å². The molecular weight excluding hydrogens is 326 g/mol. The second-order valence-corrected chi connectivity index (χ2v) is 7.33. The number of hydrogen-bond acceptors (Lipinski definition) is 6. The Morgan fingerprint density at radius 3 is 2.92 bits per heavy atom. The second-order valence-electron chi connectivity index (χ2n) is 7.33. The summed E-state index contributed by atoms with van der Waals surface area (Å²) in [5.41, 5.74) is 0. The zero-order chi connectivity index (χ0) is 17.7. The number of methoxy groups -OCH3 is 1. The van der Waals surface area contributed by atoms with E-state index >= 15 is 0 Å². The van der Waals surface area contributed by atoms with Crippen LogP contribution >= 0.6 is 0 Å². The number of carbonyl (C=O) groups excluding carboxylic acids is 3. The molecule has 0 unspecified atom stereocenters. The zero-order valence-corrected chi connectivity index (χ0v) is 14.3. The van der Waals surface area contributed by atoms with Gasteiger partial charge in [-0.3, -0.25) is 9.59 Å². The van der Waals surface area contributed by atoms with E-state index < -0.39 is 30.1 Å². The highest BCUT2D eigenvalue weighted by Crippen LogP contribution is 2.55. The maximum Gasteiger partial charge on any atom is 0.328 e. The minimum absolute atomic E-state index is 0.0384. The fourth-order valence-electron chi connectivity index (χ4n) is 5.14. The predicted octanol–water partition coefficient (Wildman–Crippen LogP) is 0.877. The largest absolute Gasteiger partial charge is 0.467 e. The highest BCUT2D eigenvalue weighted by molar-refractivity contribution is 5.91. The van der Waals surface area contributed by atoms with Gasteiger partial charge in [0.15, 0.2) is 0 Å². The number of nitrogens with zero attached hydrogens (tertiary/aromatic N) is 1. The third-order valence-corrected chi connectivity index (χ3v) is 6.19. The second kappa shape index (κ2) is 6.12. The lowest BCUT2D eigenvalue weighted by molar-refractivity contribution is -0.207. The van der Waals surface area contributed by atoms with Crippen LogP contribution in [0.2, 0.25) is 0 Å². The number of amides is 1. The smallest absolute Gasteiger partial charge is 0.328 e. The quantitative estimate of drug-likeness (QED) is 0.553. The molecule has 4 fully saturated rings. The first-order chi connectivity index (χ1) is 12.1. The van der Waals surface area contributed by atoms with Crippen LogP contribution in [0.5, 0.6) is 0 Å². The topological polar surface area (TPSA) is 82.1 Å². The Kier molecular flexibility index (Phi) is 4.06. The lowest BCUT2D eigenvalue weighted by Gasteiger charge is -2.36. The number of rotatable bonds is 4. The van der Waals surface area contributed by atoms with E-state index in [1.165, 1.54) is 7.11 Å². The first kappa shape index (κ1) is 16.6. The molecule has 0 aromatic carbocycles. The van der Waals surface area contributed by atoms with Crippen molar-refractivity contribution in [3.05, 3.63) is 12.7 Å². The molecule has 1 aliphatic carbocycles. The summed E-state index contributed by atoms with van der Waals surface area (Å²) in [6.07, 6.45) is 3.76. The number of hydrogen-bond donors (Lipinski definition) is 0. The zero-order valence-electron chi connectivity index (χ0n) is 14.3. The van der Waals surface area contributed by atoms with Gasteiger partial charge >= 0.3 is 11.9 Å². The molecule has 7 nitrogen and oxygen atoms in total. The molecule has 0 N–H and O–H groups in total. The van der Waals surface area contributed by atoms with Crippen molar-refractivity contribution in [2.45, 2.75) is 44.1 Å². The number of esters is 2. The molecule has 0 radical (unpaired) electrons. The van der Waals surface area contributed by atoms with Gasteiger partial charge in [0.1, 0.15) is 6.04 Å².